The highest BCUT2D eigenvalue weighted by Crippen LogP contribution is 2.36. The van der Waals surface area contributed by atoms with Crippen molar-refractivity contribution in [1.29, 1.82) is 0 Å². The molecule has 134 valence electrons. The van der Waals surface area contributed by atoms with Gasteiger partial charge >= 0.3 is 0 Å². The molecular formula is C19H23FN2O3. The maximum atomic E-state index is 14.0. The van der Waals surface area contributed by atoms with Gasteiger partial charge in [0.05, 0.1) is 0 Å². The molecule has 0 bridgehead atoms. The van der Waals surface area contributed by atoms with Crippen LogP contribution in [0.15, 0.2) is 42.1 Å². The molecule has 0 radical (unpaired) electrons. The van der Waals surface area contributed by atoms with Crippen LogP contribution in [0.3, 0.4) is 0 Å². The molecule has 25 heavy (non-hydrogen) atoms. The third-order valence-corrected chi connectivity index (χ3v) is 4.54. The highest BCUT2D eigenvalue weighted by molar-refractivity contribution is 5.91. The molecule has 0 saturated carbocycles. The van der Waals surface area contributed by atoms with Gasteiger partial charge < -0.3 is 14.8 Å². The molecule has 6 heteroatoms. The van der Waals surface area contributed by atoms with E-state index in [-0.39, 0.29) is 17.7 Å². The largest absolute Gasteiger partial charge is 0.457 e. The van der Waals surface area contributed by atoms with E-state index in [2.05, 4.69) is 10.3 Å². The number of anilines is 1. The predicted molar refractivity (Wildman–Crippen MR) is 92.7 cm³/mol. The fourth-order valence-corrected chi connectivity index (χ4v) is 2.77. The highest BCUT2D eigenvalue weighted by Gasteiger charge is 2.27. The minimum atomic E-state index is -0.492. The quantitative estimate of drug-likeness (QED) is 0.895. The molecule has 3 rings (SSSR count). The molecule has 1 aromatic heterocycles. The number of carbonyl (C=O) groups is 1. The first-order valence-electron chi connectivity index (χ1n) is 8.54. The Morgan fingerprint density at radius 1 is 1.40 bits per heavy atom. The number of pyridine rings is 1. The van der Waals surface area contributed by atoms with Crippen molar-refractivity contribution >= 4 is 11.7 Å². The van der Waals surface area contributed by atoms with Gasteiger partial charge in [-0.05, 0) is 31.4 Å². The number of allylic oxidation sites excluding steroid dienone is 3. The zero-order valence-corrected chi connectivity index (χ0v) is 14.5. The normalized spacial score (nSPS) is 20.4. The first kappa shape index (κ1) is 17.6. The SMILES string of the molecule is CC1(C)CC=C(Oc2ccnc(NC(=O)C3CCOCC3)c2)C=C1F. The Morgan fingerprint density at radius 2 is 2.16 bits per heavy atom. The number of hydrogen-bond donors (Lipinski definition) is 1. The van der Waals surface area contributed by atoms with Gasteiger partial charge in [0.25, 0.3) is 0 Å². The lowest BCUT2D eigenvalue weighted by Gasteiger charge is -2.25. The molecule has 0 spiro atoms. The fraction of sp³-hybridized carbons (Fsp3) is 0.474. The van der Waals surface area contributed by atoms with Crippen molar-refractivity contribution in [3.8, 4) is 5.75 Å². The van der Waals surface area contributed by atoms with Gasteiger partial charge in [0.2, 0.25) is 5.91 Å². The van der Waals surface area contributed by atoms with Crippen LogP contribution in [0, 0.1) is 11.3 Å². The number of rotatable bonds is 4. The van der Waals surface area contributed by atoms with Gasteiger partial charge in [-0.15, -0.1) is 0 Å². The van der Waals surface area contributed by atoms with E-state index in [0.717, 1.165) is 12.8 Å². The zero-order valence-electron chi connectivity index (χ0n) is 14.5. The van der Waals surface area contributed by atoms with Crippen molar-refractivity contribution < 1.29 is 18.7 Å². The maximum absolute atomic E-state index is 14.0. The van der Waals surface area contributed by atoms with E-state index in [1.807, 2.05) is 19.9 Å². The Kier molecular flexibility index (Phi) is 5.18. The molecule has 0 unspecified atom stereocenters. The molecule has 1 amide bonds. The summed E-state index contributed by atoms with van der Waals surface area (Å²) in [5, 5.41) is 2.82. The molecular weight excluding hydrogens is 323 g/mol. The van der Waals surface area contributed by atoms with Crippen LogP contribution < -0.4 is 10.1 Å². The molecule has 1 N–H and O–H groups in total. The minimum Gasteiger partial charge on any atom is -0.457 e. The number of nitrogens with one attached hydrogen (secondary N) is 1. The van der Waals surface area contributed by atoms with E-state index in [9.17, 15) is 9.18 Å². The van der Waals surface area contributed by atoms with E-state index in [1.165, 1.54) is 6.08 Å². The van der Waals surface area contributed by atoms with Gasteiger partial charge in [0, 0.05) is 42.9 Å². The molecule has 1 aromatic rings. The number of carbonyl (C=O) groups excluding carboxylic acids is 1. The summed E-state index contributed by atoms with van der Waals surface area (Å²) in [6.07, 6.45) is 6.84. The number of halogens is 1. The van der Waals surface area contributed by atoms with Crippen LogP contribution in [0.2, 0.25) is 0 Å². The summed E-state index contributed by atoms with van der Waals surface area (Å²) in [7, 11) is 0. The topological polar surface area (TPSA) is 60.5 Å². The van der Waals surface area contributed by atoms with Crippen LogP contribution in [0.25, 0.3) is 0 Å². The molecule has 2 heterocycles. The lowest BCUT2D eigenvalue weighted by atomic mass is 9.84. The lowest BCUT2D eigenvalue weighted by Crippen LogP contribution is -2.28. The van der Waals surface area contributed by atoms with Crippen LogP contribution in [0.5, 0.6) is 5.75 Å². The van der Waals surface area contributed by atoms with Gasteiger partial charge in [-0.2, -0.15) is 0 Å². The van der Waals surface area contributed by atoms with Gasteiger partial charge in [-0.1, -0.05) is 13.8 Å². The Bertz CT molecular complexity index is 706. The Labute approximate surface area is 146 Å². The van der Waals surface area contributed by atoms with E-state index in [4.69, 9.17) is 9.47 Å². The van der Waals surface area contributed by atoms with E-state index in [1.54, 1.807) is 18.3 Å². The Hall–Kier alpha value is -2.21. The van der Waals surface area contributed by atoms with E-state index < -0.39 is 5.41 Å². The molecule has 1 aliphatic heterocycles. The highest BCUT2D eigenvalue weighted by atomic mass is 19.1. The van der Waals surface area contributed by atoms with Crippen molar-refractivity contribution in [1.82, 2.24) is 4.98 Å². The summed E-state index contributed by atoms with van der Waals surface area (Å²) in [6.45, 7) is 4.92. The van der Waals surface area contributed by atoms with Gasteiger partial charge in [-0.3, -0.25) is 4.79 Å². The average molecular weight is 346 g/mol. The van der Waals surface area contributed by atoms with Gasteiger partial charge in [-0.25, -0.2) is 9.37 Å². The van der Waals surface area contributed by atoms with Crippen molar-refractivity contribution in [2.75, 3.05) is 18.5 Å². The minimum absolute atomic E-state index is 0.0552. The number of aromatic nitrogens is 1. The molecule has 0 aromatic carbocycles. The number of nitrogens with zero attached hydrogens (tertiary/aromatic N) is 1. The molecule has 2 aliphatic rings. The van der Waals surface area contributed by atoms with Crippen molar-refractivity contribution in [2.45, 2.75) is 33.1 Å². The standard InChI is InChI=1S/C19H23FN2O3/c1-19(2)7-3-14(11-16(19)20)25-15-4-8-21-17(12-15)22-18(23)13-5-9-24-10-6-13/h3-4,8,11-13H,5-7,9-10H2,1-2H3,(H,21,22,23). The van der Waals surface area contributed by atoms with Gasteiger partial charge in [0.15, 0.2) is 0 Å². The lowest BCUT2D eigenvalue weighted by molar-refractivity contribution is -0.122. The second kappa shape index (κ2) is 7.35. The van der Waals surface area contributed by atoms with Gasteiger partial charge in [0.1, 0.15) is 23.2 Å². The smallest absolute Gasteiger partial charge is 0.228 e. The van der Waals surface area contributed by atoms with Crippen molar-refractivity contribution in [2.24, 2.45) is 11.3 Å². The summed E-state index contributed by atoms with van der Waals surface area (Å²) in [6, 6.07) is 3.32. The van der Waals surface area contributed by atoms with Crippen molar-refractivity contribution in [3.05, 3.63) is 42.1 Å². The summed E-state index contributed by atoms with van der Waals surface area (Å²) in [4.78, 5) is 16.4. The molecule has 1 fully saturated rings. The second-order valence-electron chi connectivity index (χ2n) is 7.04. The maximum Gasteiger partial charge on any atom is 0.228 e. The second-order valence-corrected chi connectivity index (χ2v) is 7.04. The van der Waals surface area contributed by atoms with Crippen LogP contribution in [-0.4, -0.2) is 24.1 Å². The Balaban J connectivity index is 1.64. The average Bonchev–Trinajstić information content (AvgIpc) is 2.60. The third kappa shape index (κ3) is 4.45. The zero-order chi connectivity index (χ0) is 17.9. The number of hydrogen-bond acceptors (Lipinski definition) is 4. The van der Waals surface area contributed by atoms with Crippen LogP contribution in [0.1, 0.15) is 33.1 Å². The molecule has 1 saturated heterocycles. The monoisotopic (exact) mass is 346 g/mol. The number of ether oxygens (including phenoxy) is 2. The Morgan fingerprint density at radius 3 is 2.88 bits per heavy atom. The first-order chi connectivity index (χ1) is 11.9. The summed E-state index contributed by atoms with van der Waals surface area (Å²) >= 11 is 0. The molecule has 1 aliphatic carbocycles. The fourth-order valence-electron chi connectivity index (χ4n) is 2.77. The summed E-state index contributed by atoms with van der Waals surface area (Å²) < 4.78 is 25.0. The first-order valence-corrected chi connectivity index (χ1v) is 8.54. The summed E-state index contributed by atoms with van der Waals surface area (Å²) in [5.41, 5.74) is -0.492. The number of amides is 1. The van der Waals surface area contributed by atoms with Crippen LogP contribution >= 0.6 is 0 Å². The van der Waals surface area contributed by atoms with Crippen LogP contribution in [0.4, 0.5) is 10.2 Å². The third-order valence-electron chi connectivity index (χ3n) is 4.54. The summed E-state index contributed by atoms with van der Waals surface area (Å²) in [5.74, 6) is 1.08. The molecule has 0 atom stereocenters. The van der Waals surface area contributed by atoms with E-state index in [0.29, 0.717) is 37.0 Å². The van der Waals surface area contributed by atoms with Crippen LogP contribution in [-0.2, 0) is 9.53 Å². The predicted octanol–water partition coefficient (Wildman–Crippen LogP) is 3.99. The molecule has 5 nitrogen and oxygen atoms in total. The van der Waals surface area contributed by atoms with E-state index >= 15 is 0 Å². The van der Waals surface area contributed by atoms with Crippen molar-refractivity contribution in [3.63, 3.8) is 0 Å².